The van der Waals surface area contributed by atoms with Gasteiger partial charge in [0.05, 0.1) is 10.5 Å². The molecule has 0 bridgehead atoms. The van der Waals surface area contributed by atoms with E-state index in [0.29, 0.717) is 19.6 Å². The molecule has 0 aliphatic heterocycles. The Labute approximate surface area is 189 Å². The van der Waals surface area contributed by atoms with E-state index in [1.165, 1.54) is 34.1 Å². The molecule has 7 nitrogen and oxygen atoms in total. The van der Waals surface area contributed by atoms with Crippen LogP contribution in [0, 0.1) is 0 Å². The summed E-state index contributed by atoms with van der Waals surface area (Å²) >= 11 is 0. The maximum atomic E-state index is 12.7. The quantitative estimate of drug-likeness (QED) is 0.552. The first-order valence-corrected chi connectivity index (χ1v) is 12.4. The maximum Gasteiger partial charge on any atom is 0.338 e. The van der Waals surface area contributed by atoms with Gasteiger partial charge in [0.15, 0.2) is 6.61 Å². The lowest BCUT2D eigenvalue weighted by Crippen LogP contribution is -2.46. The van der Waals surface area contributed by atoms with Gasteiger partial charge in [0.25, 0.3) is 5.91 Å². The lowest BCUT2D eigenvalue weighted by atomic mass is 9.64. The van der Waals surface area contributed by atoms with Crippen LogP contribution in [0.15, 0.2) is 59.5 Å². The molecule has 2 aromatic carbocycles. The van der Waals surface area contributed by atoms with Crippen molar-refractivity contribution in [2.45, 2.75) is 43.4 Å². The molecule has 0 spiro atoms. The topological polar surface area (TPSA) is 92.8 Å². The first-order chi connectivity index (χ1) is 15.3. The maximum absolute atomic E-state index is 12.7. The minimum absolute atomic E-state index is 0.0230. The van der Waals surface area contributed by atoms with E-state index >= 15 is 0 Å². The number of benzene rings is 2. The monoisotopic (exact) mass is 458 g/mol. The zero-order valence-corrected chi connectivity index (χ0v) is 19.4. The Hall–Kier alpha value is -2.71. The zero-order chi connectivity index (χ0) is 23.2. The predicted molar refractivity (Wildman–Crippen MR) is 122 cm³/mol. The van der Waals surface area contributed by atoms with Crippen LogP contribution in [-0.4, -0.2) is 50.8 Å². The Morgan fingerprint density at radius 3 is 2.31 bits per heavy atom. The third-order valence-corrected chi connectivity index (χ3v) is 8.11. The minimum atomic E-state index is -3.69. The number of carbonyl (C=O) groups excluding carboxylic acids is 2. The fourth-order valence-corrected chi connectivity index (χ4v) is 5.50. The number of carbonyl (C=O) groups is 2. The van der Waals surface area contributed by atoms with Gasteiger partial charge < -0.3 is 10.1 Å². The van der Waals surface area contributed by atoms with Crippen LogP contribution >= 0.6 is 0 Å². The van der Waals surface area contributed by atoms with E-state index in [0.717, 1.165) is 19.3 Å². The highest BCUT2D eigenvalue weighted by atomic mass is 32.2. The molecule has 172 valence electrons. The van der Waals surface area contributed by atoms with Gasteiger partial charge in [-0.15, -0.1) is 0 Å². The summed E-state index contributed by atoms with van der Waals surface area (Å²) in [6, 6.07) is 15.8. The summed E-state index contributed by atoms with van der Waals surface area (Å²) in [5.74, 6) is -1.12. The lowest BCUT2D eigenvalue weighted by Gasteiger charge is -2.42. The summed E-state index contributed by atoms with van der Waals surface area (Å²) in [4.78, 5) is 24.7. The number of hydrogen-bond donors (Lipinski definition) is 1. The van der Waals surface area contributed by atoms with Crippen molar-refractivity contribution in [2.24, 2.45) is 0 Å². The van der Waals surface area contributed by atoms with Crippen molar-refractivity contribution < 1.29 is 22.7 Å². The second kappa shape index (κ2) is 10.3. The Bertz CT molecular complexity index is 1050. The van der Waals surface area contributed by atoms with Crippen LogP contribution in [0.5, 0.6) is 0 Å². The van der Waals surface area contributed by atoms with Crippen LogP contribution in [-0.2, 0) is 25.0 Å². The Kier molecular flexibility index (Phi) is 7.69. The summed E-state index contributed by atoms with van der Waals surface area (Å²) in [6.45, 7) is 4.24. The second-order valence-corrected chi connectivity index (χ2v) is 9.91. The fourth-order valence-electron chi connectivity index (χ4n) is 3.99. The van der Waals surface area contributed by atoms with Crippen LogP contribution in [0.2, 0.25) is 0 Å². The van der Waals surface area contributed by atoms with Gasteiger partial charge in [-0.05, 0) is 36.6 Å². The van der Waals surface area contributed by atoms with Gasteiger partial charge in [0.2, 0.25) is 10.0 Å². The van der Waals surface area contributed by atoms with Gasteiger partial charge in [-0.25, -0.2) is 13.2 Å². The first kappa shape index (κ1) is 23.9. The molecule has 1 aliphatic carbocycles. The lowest BCUT2D eigenvalue weighted by molar-refractivity contribution is -0.124. The van der Waals surface area contributed by atoms with E-state index in [9.17, 15) is 18.0 Å². The second-order valence-electron chi connectivity index (χ2n) is 7.97. The summed E-state index contributed by atoms with van der Waals surface area (Å²) < 4.78 is 31.8. The molecule has 0 saturated heterocycles. The van der Waals surface area contributed by atoms with E-state index < -0.39 is 22.6 Å². The molecule has 3 rings (SSSR count). The van der Waals surface area contributed by atoms with Crippen molar-refractivity contribution in [2.75, 3.05) is 26.2 Å². The molecule has 0 heterocycles. The molecule has 8 heteroatoms. The van der Waals surface area contributed by atoms with Crippen molar-refractivity contribution in [3.05, 3.63) is 65.7 Å². The van der Waals surface area contributed by atoms with Gasteiger partial charge >= 0.3 is 5.97 Å². The summed E-state index contributed by atoms with van der Waals surface area (Å²) in [7, 11) is -3.69. The number of rotatable bonds is 10. The van der Waals surface area contributed by atoms with Crippen LogP contribution in [0.4, 0.5) is 0 Å². The third kappa shape index (κ3) is 5.19. The molecular weight excluding hydrogens is 428 g/mol. The highest BCUT2D eigenvalue weighted by Gasteiger charge is 2.38. The number of nitrogens with one attached hydrogen (secondary N) is 1. The van der Waals surface area contributed by atoms with Crippen molar-refractivity contribution >= 4 is 21.9 Å². The normalized spacial score (nSPS) is 15.1. The largest absolute Gasteiger partial charge is 0.452 e. The smallest absolute Gasteiger partial charge is 0.338 e. The van der Waals surface area contributed by atoms with E-state index in [2.05, 4.69) is 17.4 Å². The Morgan fingerprint density at radius 1 is 1.03 bits per heavy atom. The molecule has 32 heavy (non-hydrogen) atoms. The van der Waals surface area contributed by atoms with Crippen LogP contribution in [0.3, 0.4) is 0 Å². The molecule has 0 unspecified atom stereocenters. The number of sulfonamides is 1. The van der Waals surface area contributed by atoms with Crippen LogP contribution in [0.25, 0.3) is 0 Å². The zero-order valence-electron chi connectivity index (χ0n) is 18.5. The van der Waals surface area contributed by atoms with Crippen molar-refractivity contribution in [1.82, 2.24) is 9.62 Å². The molecular formula is C24H30N2O5S. The molecule has 2 aromatic rings. The average Bonchev–Trinajstić information content (AvgIpc) is 2.78. The SMILES string of the molecule is CCN(CC)S(=O)(=O)c1cccc(C(=O)OCC(=O)NCC2(c3ccccc3)CCC2)c1. The van der Waals surface area contributed by atoms with E-state index in [-0.39, 0.29) is 21.8 Å². The highest BCUT2D eigenvalue weighted by molar-refractivity contribution is 7.89. The summed E-state index contributed by atoms with van der Waals surface area (Å²) in [6.07, 6.45) is 3.13. The number of hydrogen-bond acceptors (Lipinski definition) is 5. The van der Waals surface area contributed by atoms with E-state index in [1.54, 1.807) is 13.8 Å². The number of nitrogens with zero attached hydrogens (tertiary/aromatic N) is 1. The Balaban J connectivity index is 1.57. The van der Waals surface area contributed by atoms with Crippen molar-refractivity contribution in [1.29, 1.82) is 0 Å². The summed E-state index contributed by atoms with van der Waals surface area (Å²) in [5.41, 5.74) is 1.23. The number of esters is 1. The molecule has 1 amide bonds. The molecule has 1 saturated carbocycles. The molecule has 0 atom stereocenters. The summed E-state index contributed by atoms with van der Waals surface area (Å²) in [5, 5.41) is 2.88. The van der Waals surface area contributed by atoms with Crippen LogP contribution < -0.4 is 5.32 Å². The number of ether oxygens (including phenoxy) is 1. The van der Waals surface area contributed by atoms with Gasteiger partial charge in [0, 0.05) is 25.0 Å². The van der Waals surface area contributed by atoms with Crippen LogP contribution in [0.1, 0.15) is 49.0 Å². The molecule has 0 aromatic heterocycles. The van der Waals surface area contributed by atoms with Gasteiger partial charge in [0.1, 0.15) is 0 Å². The molecule has 1 fully saturated rings. The predicted octanol–water partition coefficient (Wildman–Crippen LogP) is 3.11. The standard InChI is InChI=1S/C24H30N2O5S/c1-3-26(4-2)32(29,30)21-13-8-10-19(16-21)23(28)31-17-22(27)25-18-24(14-9-15-24)20-11-6-5-7-12-20/h5-8,10-13,16H,3-4,9,14-15,17-18H2,1-2H3,(H,25,27). The Morgan fingerprint density at radius 2 is 1.72 bits per heavy atom. The van der Waals surface area contributed by atoms with Gasteiger partial charge in [-0.3, -0.25) is 4.79 Å². The minimum Gasteiger partial charge on any atom is -0.452 e. The molecule has 0 radical (unpaired) electrons. The van der Waals surface area contributed by atoms with Gasteiger partial charge in [-0.2, -0.15) is 4.31 Å². The fraction of sp³-hybridized carbons (Fsp3) is 0.417. The highest BCUT2D eigenvalue weighted by Crippen LogP contribution is 2.43. The molecule has 1 N–H and O–H groups in total. The third-order valence-electron chi connectivity index (χ3n) is 6.07. The van der Waals surface area contributed by atoms with Crippen molar-refractivity contribution in [3.8, 4) is 0 Å². The number of amides is 1. The van der Waals surface area contributed by atoms with E-state index in [1.807, 2.05) is 18.2 Å². The van der Waals surface area contributed by atoms with Crippen molar-refractivity contribution in [3.63, 3.8) is 0 Å². The first-order valence-electron chi connectivity index (χ1n) is 10.9. The van der Waals surface area contributed by atoms with Gasteiger partial charge in [-0.1, -0.05) is 56.7 Å². The van der Waals surface area contributed by atoms with E-state index in [4.69, 9.17) is 4.74 Å². The molecule has 1 aliphatic rings. The average molecular weight is 459 g/mol.